The minimum atomic E-state index is -0.593. The lowest BCUT2D eigenvalue weighted by Gasteiger charge is -2.14. The van der Waals surface area contributed by atoms with Gasteiger partial charge in [0.1, 0.15) is 11.6 Å². The van der Waals surface area contributed by atoms with Crippen molar-refractivity contribution in [3.63, 3.8) is 0 Å². The fourth-order valence-electron chi connectivity index (χ4n) is 2.81. The Labute approximate surface area is 183 Å². The van der Waals surface area contributed by atoms with Gasteiger partial charge in [-0.3, -0.25) is 9.59 Å². The molecule has 0 spiro atoms. The zero-order chi connectivity index (χ0) is 22.4. The van der Waals surface area contributed by atoms with Gasteiger partial charge in [-0.15, -0.1) is 10.2 Å². The SMILES string of the molecule is COc1ccc(NC(=O)CSc2nnc([C@H](C)NC(=O)c3ccccc3F)n2C)cc1. The molecule has 2 aromatic carbocycles. The molecule has 1 atom stereocenters. The van der Waals surface area contributed by atoms with E-state index in [9.17, 15) is 14.0 Å². The van der Waals surface area contributed by atoms with Crippen molar-refractivity contribution in [2.24, 2.45) is 7.05 Å². The zero-order valence-electron chi connectivity index (χ0n) is 17.3. The average Bonchev–Trinajstić information content (AvgIpc) is 3.13. The molecule has 10 heteroatoms. The van der Waals surface area contributed by atoms with E-state index < -0.39 is 17.8 Å². The van der Waals surface area contributed by atoms with Crippen LogP contribution < -0.4 is 15.4 Å². The Morgan fingerprint density at radius 2 is 1.87 bits per heavy atom. The number of ether oxygens (including phenoxy) is 1. The van der Waals surface area contributed by atoms with Gasteiger partial charge in [-0.2, -0.15) is 0 Å². The summed E-state index contributed by atoms with van der Waals surface area (Å²) >= 11 is 1.22. The second-order valence-corrected chi connectivity index (χ2v) is 7.58. The van der Waals surface area contributed by atoms with Gasteiger partial charge in [-0.25, -0.2) is 4.39 Å². The van der Waals surface area contributed by atoms with Crippen LogP contribution in [0.1, 0.15) is 29.1 Å². The number of methoxy groups -OCH3 is 1. The molecule has 1 aromatic heterocycles. The molecular formula is C21H22FN5O3S. The monoisotopic (exact) mass is 443 g/mol. The largest absolute Gasteiger partial charge is 0.497 e. The molecule has 0 unspecified atom stereocenters. The van der Waals surface area contributed by atoms with Crippen molar-refractivity contribution in [3.8, 4) is 5.75 Å². The number of rotatable bonds is 8. The quantitative estimate of drug-likeness (QED) is 0.519. The maximum absolute atomic E-state index is 13.8. The maximum atomic E-state index is 13.8. The lowest BCUT2D eigenvalue weighted by Crippen LogP contribution is -2.29. The first-order chi connectivity index (χ1) is 14.9. The van der Waals surface area contributed by atoms with E-state index in [0.717, 1.165) is 0 Å². The van der Waals surface area contributed by atoms with Crippen LogP contribution in [-0.4, -0.2) is 39.4 Å². The van der Waals surface area contributed by atoms with Crippen LogP contribution in [-0.2, 0) is 11.8 Å². The number of thioether (sulfide) groups is 1. The van der Waals surface area contributed by atoms with Gasteiger partial charge < -0.3 is 19.9 Å². The van der Waals surface area contributed by atoms with Gasteiger partial charge in [-0.1, -0.05) is 23.9 Å². The highest BCUT2D eigenvalue weighted by molar-refractivity contribution is 7.99. The average molecular weight is 444 g/mol. The second kappa shape index (κ2) is 10.1. The van der Waals surface area contributed by atoms with Crippen LogP contribution >= 0.6 is 11.8 Å². The van der Waals surface area contributed by atoms with Crippen molar-refractivity contribution in [1.82, 2.24) is 20.1 Å². The molecule has 2 amide bonds. The minimum absolute atomic E-state index is 0.0404. The number of nitrogens with zero attached hydrogens (tertiary/aromatic N) is 3. The number of hydrogen-bond donors (Lipinski definition) is 2. The van der Waals surface area contributed by atoms with E-state index in [1.807, 2.05) is 0 Å². The molecule has 8 nitrogen and oxygen atoms in total. The van der Waals surface area contributed by atoms with E-state index in [2.05, 4.69) is 20.8 Å². The van der Waals surface area contributed by atoms with Crippen molar-refractivity contribution < 1.29 is 18.7 Å². The van der Waals surface area contributed by atoms with E-state index >= 15 is 0 Å². The Hall–Kier alpha value is -3.40. The number of nitrogens with one attached hydrogen (secondary N) is 2. The summed E-state index contributed by atoms with van der Waals surface area (Å²) in [6.07, 6.45) is 0. The maximum Gasteiger partial charge on any atom is 0.254 e. The van der Waals surface area contributed by atoms with E-state index in [1.54, 1.807) is 56.0 Å². The first-order valence-corrected chi connectivity index (χ1v) is 10.4. The van der Waals surface area contributed by atoms with Crippen LogP contribution in [0.4, 0.5) is 10.1 Å². The van der Waals surface area contributed by atoms with Crippen LogP contribution in [0, 0.1) is 5.82 Å². The molecule has 0 saturated heterocycles. The molecule has 162 valence electrons. The summed E-state index contributed by atoms with van der Waals surface area (Å²) in [6.45, 7) is 1.73. The summed E-state index contributed by atoms with van der Waals surface area (Å²) in [5, 5.41) is 14.2. The van der Waals surface area contributed by atoms with Gasteiger partial charge in [-0.05, 0) is 43.3 Å². The molecule has 0 fully saturated rings. The predicted octanol–water partition coefficient (Wildman–Crippen LogP) is 3.18. The molecule has 1 heterocycles. The zero-order valence-corrected chi connectivity index (χ0v) is 18.1. The highest BCUT2D eigenvalue weighted by Gasteiger charge is 2.20. The number of halogens is 1. The highest BCUT2D eigenvalue weighted by atomic mass is 32.2. The Kier molecular flexibility index (Phi) is 7.24. The Morgan fingerprint density at radius 3 is 2.55 bits per heavy atom. The summed E-state index contributed by atoms with van der Waals surface area (Å²) in [7, 11) is 3.32. The first-order valence-electron chi connectivity index (χ1n) is 9.40. The van der Waals surface area contributed by atoms with Crippen molar-refractivity contribution in [1.29, 1.82) is 0 Å². The van der Waals surface area contributed by atoms with Gasteiger partial charge >= 0.3 is 0 Å². The smallest absolute Gasteiger partial charge is 0.254 e. The molecule has 2 N–H and O–H groups in total. The number of benzene rings is 2. The molecule has 0 bridgehead atoms. The third-order valence-corrected chi connectivity index (χ3v) is 5.45. The Morgan fingerprint density at radius 1 is 1.16 bits per heavy atom. The summed E-state index contributed by atoms with van der Waals surface area (Å²) in [5.41, 5.74) is 0.621. The van der Waals surface area contributed by atoms with Crippen LogP contribution in [0.2, 0.25) is 0 Å². The normalized spacial score (nSPS) is 11.6. The van der Waals surface area contributed by atoms with E-state index in [4.69, 9.17) is 4.74 Å². The number of hydrogen-bond acceptors (Lipinski definition) is 6. The van der Waals surface area contributed by atoms with E-state index in [-0.39, 0.29) is 17.2 Å². The van der Waals surface area contributed by atoms with E-state index in [0.29, 0.717) is 22.4 Å². The molecule has 3 rings (SSSR count). The topological polar surface area (TPSA) is 98.1 Å². The lowest BCUT2D eigenvalue weighted by atomic mass is 10.2. The van der Waals surface area contributed by atoms with Crippen molar-refractivity contribution in [2.45, 2.75) is 18.1 Å². The van der Waals surface area contributed by atoms with Crippen molar-refractivity contribution >= 4 is 29.3 Å². The molecule has 0 aliphatic heterocycles. The number of carbonyl (C=O) groups excluding carboxylic acids is 2. The third-order valence-electron chi connectivity index (χ3n) is 4.43. The second-order valence-electron chi connectivity index (χ2n) is 6.64. The van der Waals surface area contributed by atoms with Crippen molar-refractivity contribution in [2.75, 3.05) is 18.2 Å². The molecule has 0 aliphatic rings. The molecule has 3 aromatic rings. The fourth-order valence-corrected chi connectivity index (χ4v) is 3.53. The van der Waals surface area contributed by atoms with Gasteiger partial charge in [0.15, 0.2) is 11.0 Å². The van der Waals surface area contributed by atoms with Gasteiger partial charge in [0.2, 0.25) is 5.91 Å². The van der Waals surface area contributed by atoms with Gasteiger partial charge in [0.05, 0.1) is 24.5 Å². The standard InChI is InChI=1S/C21H22FN5O3S/c1-13(23-20(29)16-6-4-5-7-17(16)22)19-25-26-21(27(19)2)31-12-18(28)24-14-8-10-15(30-3)11-9-14/h4-11,13H,12H2,1-3H3,(H,23,29)(H,24,28)/t13-/m0/s1. The lowest BCUT2D eigenvalue weighted by molar-refractivity contribution is -0.113. The van der Waals surface area contributed by atoms with Gasteiger partial charge in [0.25, 0.3) is 5.91 Å². The Bertz CT molecular complexity index is 1070. The van der Waals surface area contributed by atoms with E-state index in [1.165, 1.54) is 30.0 Å². The third kappa shape index (κ3) is 5.60. The molecule has 0 aliphatic carbocycles. The first kappa shape index (κ1) is 22.3. The predicted molar refractivity (Wildman–Crippen MR) is 116 cm³/mol. The van der Waals surface area contributed by atoms with Crippen LogP contribution in [0.3, 0.4) is 0 Å². The number of aromatic nitrogens is 3. The molecule has 0 saturated carbocycles. The van der Waals surface area contributed by atoms with Crippen LogP contribution in [0.15, 0.2) is 53.7 Å². The van der Waals surface area contributed by atoms with Crippen LogP contribution in [0.25, 0.3) is 0 Å². The number of amides is 2. The molecular weight excluding hydrogens is 421 g/mol. The summed E-state index contributed by atoms with van der Waals surface area (Å²) in [6, 6.07) is 12.3. The molecule has 31 heavy (non-hydrogen) atoms. The molecule has 0 radical (unpaired) electrons. The Balaban J connectivity index is 1.57. The summed E-state index contributed by atoms with van der Waals surface area (Å²) < 4.78 is 20.6. The minimum Gasteiger partial charge on any atom is -0.497 e. The van der Waals surface area contributed by atoms with Crippen molar-refractivity contribution in [3.05, 3.63) is 65.7 Å². The number of anilines is 1. The van der Waals surface area contributed by atoms with Gasteiger partial charge in [0, 0.05) is 12.7 Å². The number of carbonyl (C=O) groups is 2. The summed E-state index contributed by atoms with van der Waals surface area (Å²) in [4.78, 5) is 24.5. The highest BCUT2D eigenvalue weighted by Crippen LogP contribution is 2.21. The fraction of sp³-hybridized carbons (Fsp3) is 0.238. The summed E-state index contributed by atoms with van der Waals surface area (Å²) in [5.74, 6) is -0.00179. The van der Waals surface area contributed by atoms with Crippen LogP contribution in [0.5, 0.6) is 5.75 Å².